The van der Waals surface area contributed by atoms with Crippen LogP contribution in [0.5, 0.6) is 5.75 Å². The van der Waals surface area contributed by atoms with Crippen molar-refractivity contribution in [3.63, 3.8) is 0 Å². The van der Waals surface area contributed by atoms with E-state index in [-0.39, 0.29) is 40.1 Å². The highest BCUT2D eigenvalue weighted by Gasteiger charge is 2.33. The van der Waals surface area contributed by atoms with Crippen molar-refractivity contribution in [3.8, 4) is 5.75 Å². The molecule has 2 aromatic rings. The number of nitro groups is 1. The van der Waals surface area contributed by atoms with Gasteiger partial charge >= 0.3 is 11.7 Å². The Kier molecular flexibility index (Phi) is 4.94. The second kappa shape index (κ2) is 6.67. The minimum Gasteiger partial charge on any atom is -0.494 e. The third kappa shape index (κ3) is 3.08. The van der Waals surface area contributed by atoms with Crippen LogP contribution in [-0.4, -0.2) is 49.3 Å². The number of carbonyl (C=O) groups is 1. The number of carboxylic acids is 1. The van der Waals surface area contributed by atoms with Gasteiger partial charge in [-0.1, -0.05) is 6.08 Å². The zero-order valence-corrected chi connectivity index (χ0v) is 15.1. The number of methoxy groups -OCH3 is 1. The largest absolute Gasteiger partial charge is 0.494 e. The first-order chi connectivity index (χ1) is 12.0. The van der Waals surface area contributed by atoms with Crippen LogP contribution in [-0.2, 0) is 10.0 Å². The molecule has 0 saturated heterocycles. The molecule has 0 saturated carbocycles. The van der Waals surface area contributed by atoms with Crippen LogP contribution in [0, 0.1) is 17.0 Å². The van der Waals surface area contributed by atoms with Gasteiger partial charge in [-0.3, -0.25) is 14.4 Å². The summed E-state index contributed by atoms with van der Waals surface area (Å²) in [5.74, 6) is -1.23. The van der Waals surface area contributed by atoms with Crippen molar-refractivity contribution < 1.29 is 28.0 Å². The highest BCUT2D eigenvalue weighted by atomic mass is 32.2. The lowest BCUT2D eigenvalue weighted by atomic mass is 10.1. The van der Waals surface area contributed by atoms with Crippen molar-refractivity contribution in [2.45, 2.75) is 6.92 Å². The fraction of sp³-hybridized carbons (Fsp3) is 0.267. The molecule has 140 valence electrons. The second-order valence-electron chi connectivity index (χ2n) is 5.47. The molecule has 1 heterocycles. The van der Waals surface area contributed by atoms with Gasteiger partial charge in [0, 0.05) is 6.07 Å². The van der Waals surface area contributed by atoms with Crippen molar-refractivity contribution in [1.82, 2.24) is 4.98 Å². The number of aromatic amines is 1. The number of H-pyrrole nitrogens is 1. The monoisotopic (exact) mass is 383 g/mol. The summed E-state index contributed by atoms with van der Waals surface area (Å²) in [5, 5.41) is 21.0. The average molecular weight is 383 g/mol. The van der Waals surface area contributed by atoms with Gasteiger partial charge in [0.25, 0.3) is 0 Å². The second-order valence-corrected chi connectivity index (χ2v) is 7.37. The number of carboxylic acid groups (broad SMARTS) is 1. The van der Waals surface area contributed by atoms with E-state index in [0.717, 1.165) is 10.6 Å². The number of nitro benzene ring substituents is 1. The van der Waals surface area contributed by atoms with Crippen molar-refractivity contribution >= 4 is 38.3 Å². The summed E-state index contributed by atoms with van der Waals surface area (Å²) in [7, 11) is -2.59. The lowest BCUT2D eigenvalue weighted by molar-refractivity contribution is -0.382. The molecule has 0 fully saturated rings. The van der Waals surface area contributed by atoms with Crippen LogP contribution in [0.15, 0.2) is 18.7 Å². The van der Waals surface area contributed by atoms with Gasteiger partial charge in [-0.05, 0) is 12.5 Å². The molecule has 0 aliphatic heterocycles. The molecule has 2 rings (SSSR count). The first-order valence-electron chi connectivity index (χ1n) is 7.24. The van der Waals surface area contributed by atoms with E-state index in [2.05, 4.69) is 11.6 Å². The number of sulfonamides is 1. The van der Waals surface area contributed by atoms with E-state index in [0.29, 0.717) is 0 Å². The lowest BCUT2D eigenvalue weighted by Crippen LogP contribution is -2.30. The molecule has 0 atom stereocenters. The Morgan fingerprint density at radius 2 is 2.15 bits per heavy atom. The fourth-order valence-corrected chi connectivity index (χ4v) is 3.62. The zero-order valence-electron chi connectivity index (χ0n) is 14.3. The average Bonchev–Trinajstić information content (AvgIpc) is 2.87. The third-order valence-electron chi connectivity index (χ3n) is 3.82. The molecule has 1 aromatic carbocycles. The fourth-order valence-electron chi connectivity index (χ4n) is 2.75. The number of nitrogens with zero attached hydrogens (tertiary/aromatic N) is 2. The summed E-state index contributed by atoms with van der Waals surface area (Å²) in [5.41, 5.74) is -0.806. The molecule has 0 unspecified atom stereocenters. The molecule has 10 nitrogen and oxygen atoms in total. The summed E-state index contributed by atoms with van der Waals surface area (Å²) in [4.78, 5) is 25.0. The SMILES string of the molecule is C=CCN(c1cc(OC)c2[nH]c(C(=O)O)c(C)c2c1[N+](=O)[O-])S(C)(=O)=O. The Labute approximate surface area is 148 Å². The number of aromatic carboxylic acids is 1. The first-order valence-corrected chi connectivity index (χ1v) is 9.09. The van der Waals surface area contributed by atoms with Gasteiger partial charge in [0.2, 0.25) is 10.0 Å². The van der Waals surface area contributed by atoms with Crippen LogP contribution >= 0.6 is 0 Å². The number of fused-ring (bicyclic) bond motifs is 1. The maximum Gasteiger partial charge on any atom is 0.352 e. The molecule has 1 aromatic heterocycles. The summed E-state index contributed by atoms with van der Waals surface area (Å²) >= 11 is 0. The normalized spacial score (nSPS) is 11.3. The van der Waals surface area contributed by atoms with Crippen molar-refractivity contribution in [2.75, 3.05) is 24.2 Å². The molecule has 0 bridgehead atoms. The molecule has 0 radical (unpaired) electrons. The predicted molar refractivity (Wildman–Crippen MR) is 95.6 cm³/mol. The summed E-state index contributed by atoms with van der Waals surface area (Å²) in [6, 6.07) is 1.19. The molecule has 0 aliphatic rings. The Bertz CT molecular complexity index is 1020. The Morgan fingerprint density at radius 1 is 1.54 bits per heavy atom. The maximum atomic E-state index is 12.1. The predicted octanol–water partition coefficient (Wildman–Crippen LogP) is 2.04. The third-order valence-corrected chi connectivity index (χ3v) is 4.97. The minimum atomic E-state index is -3.88. The number of hydrogen-bond donors (Lipinski definition) is 2. The molecular formula is C15H17N3O7S. The molecule has 11 heteroatoms. The Morgan fingerprint density at radius 3 is 2.58 bits per heavy atom. The summed E-state index contributed by atoms with van der Waals surface area (Å²) in [6.07, 6.45) is 2.19. The van der Waals surface area contributed by atoms with Crippen LogP contribution in [0.25, 0.3) is 10.9 Å². The number of aryl methyl sites for hydroxylation is 1. The minimum absolute atomic E-state index is 0.0283. The number of rotatable bonds is 7. The van der Waals surface area contributed by atoms with E-state index < -0.39 is 26.6 Å². The molecular weight excluding hydrogens is 366 g/mol. The quantitative estimate of drug-likeness (QED) is 0.423. The highest BCUT2D eigenvalue weighted by Crippen LogP contribution is 2.44. The summed E-state index contributed by atoms with van der Waals surface area (Å²) < 4.78 is 30.3. The zero-order chi connectivity index (χ0) is 19.8. The smallest absolute Gasteiger partial charge is 0.352 e. The maximum absolute atomic E-state index is 12.1. The van der Waals surface area contributed by atoms with Gasteiger partial charge in [0.1, 0.15) is 17.1 Å². The number of benzene rings is 1. The van der Waals surface area contributed by atoms with Gasteiger partial charge in [0.05, 0.1) is 35.7 Å². The van der Waals surface area contributed by atoms with E-state index in [1.165, 1.54) is 26.2 Å². The lowest BCUT2D eigenvalue weighted by Gasteiger charge is -2.21. The van der Waals surface area contributed by atoms with Crippen LogP contribution in [0.4, 0.5) is 11.4 Å². The molecule has 2 N–H and O–H groups in total. The Hall–Kier alpha value is -3.08. The van der Waals surface area contributed by atoms with E-state index in [1.807, 2.05) is 0 Å². The van der Waals surface area contributed by atoms with Gasteiger partial charge in [-0.25, -0.2) is 13.2 Å². The van der Waals surface area contributed by atoms with E-state index in [9.17, 15) is 28.4 Å². The van der Waals surface area contributed by atoms with Crippen molar-refractivity contribution in [1.29, 1.82) is 0 Å². The number of ether oxygens (including phenoxy) is 1. The summed E-state index contributed by atoms with van der Waals surface area (Å²) in [6.45, 7) is 4.67. The van der Waals surface area contributed by atoms with Crippen LogP contribution < -0.4 is 9.04 Å². The number of nitrogens with one attached hydrogen (secondary N) is 1. The van der Waals surface area contributed by atoms with Crippen LogP contribution in [0.2, 0.25) is 0 Å². The molecule has 0 aliphatic carbocycles. The highest BCUT2D eigenvalue weighted by molar-refractivity contribution is 7.92. The topological polar surface area (TPSA) is 143 Å². The van der Waals surface area contributed by atoms with Gasteiger partial charge in [0.15, 0.2) is 0 Å². The molecule has 0 amide bonds. The Balaban J connectivity index is 3.06. The van der Waals surface area contributed by atoms with Crippen LogP contribution in [0.1, 0.15) is 16.1 Å². The number of anilines is 1. The van der Waals surface area contributed by atoms with E-state index in [4.69, 9.17) is 4.74 Å². The first kappa shape index (κ1) is 19.2. The standard InChI is InChI=1S/C15H17N3O7S/c1-5-6-17(26(4,23)24)9-7-10(25-3)13-11(14(9)18(21)22)8(2)12(16-13)15(19)20/h5,7,16H,1,6H2,2-4H3,(H,19,20). The van der Waals surface area contributed by atoms with E-state index in [1.54, 1.807) is 0 Å². The van der Waals surface area contributed by atoms with Gasteiger partial charge < -0.3 is 14.8 Å². The van der Waals surface area contributed by atoms with Crippen molar-refractivity contribution in [3.05, 3.63) is 40.1 Å². The van der Waals surface area contributed by atoms with E-state index >= 15 is 0 Å². The van der Waals surface area contributed by atoms with Gasteiger partial charge in [-0.15, -0.1) is 6.58 Å². The van der Waals surface area contributed by atoms with Gasteiger partial charge in [-0.2, -0.15) is 0 Å². The molecule has 0 spiro atoms. The molecule has 26 heavy (non-hydrogen) atoms. The van der Waals surface area contributed by atoms with Crippen molar-refractivity contribution in [2.24, 2.45) is 0 Å². The number of aromatic nitrogens is 1. The number of hydrogen-bond acceptors (Lipinski definition) is 6. The van der Waals surface area contributed by atoms with Crippen LogP contribution in [0.3, 0.4) is 0 Å².